The number of carbonyl (C=O) groups is 1. The molecular weight excluding hydrogens is 413 g/mol. The second-order valence-corrected chi connectivity index (χ2v) is 7.69. The number of nitrogens with one attached hydrogen (secondary N) is 1. The van der Waals surface area contributed by atoms with Crippen molar-refractivity contribution in [1.29, 1.82) is 0 Å². The van der Waals surface area contributed by atoms with Gasteiger partial charge < -0.3 is 19.5 Å². The third kappa shape index (κ3) is 5.43. The van der Waals surface area contributed by atoms with Crippen LogP contribution >= 0.6 is 23.2 Å². The van der Waals surface area contributed by atoms with Crippen molar-refractivity contribution >= 4 is 34.8 Å². The van der Waals surface area contributed by atoms with Gasteiger partial charge in [-0.3, -0.25) is 4.79 Å². The molecule has 2 aromatic carbocycles. The Hall–Kier alpha value is -1.79. The molecule has 0 aromatic heterocycles. The summed E-state index contributed by atoms with van der Waals surface area (Å²) >= 11 is 12.5. The second kappa shape index (κ2) is 10.3. The van der Waals surface area contributed by atoms with Gasteiger partial charge in [0, 0.05) is 35.6 Å². The van der Waals surface area contributed by atoms with Crippen molar-refractivity contribution in [3.63, 3.8) is 0 Å². The number of rotatable bonds is 8. The van der Waals surface area contributed by atoms with Crippen LogP contribution in [0.25, 0.3) is 0 Å². The molecule has 1 N–H and O–H groups in total. The molecule has 0 bridgehead atoms. The number of hydrogen-bond acceptors (Lipinski definition) is 4. The molecule has 29 heavy (non-hydrogen) atoms. The summed E-state index contributed by atoms with van der Waals surface area (Å²) in [5.41, 5.74) is 0.718. The fraction of sp³-hybridized carbons (Fsp3) is 0.409. The average molecular weight is 438 g/mol. The minimum Gasteiger partial charge on any atom is -0.491 e. The first-order valence-corrected chi connectivity index (χ1v) is 10.5. The van der Waals surface area contributed by atoms with Crippen molar-refractivity contribution in [2.24, 2.45) is 0 Å². The highest BCUT2D eigenvalue weighted by Crippen LogP contribution is 2.40. The predicted molar refractivity (Wildman–Crippen MR) is 115 cm³/mol. The van der Waals surface area contributed by atoms with Gasteiger partial charge in [-0.2, -0.15) is 0 Å². The minimum atomic E-state index is -0.757. The fourth-order valence-electron chi connectivity index (χ4n) is 3.46. The molecule has 1 amide bonds. The summed E-state index contributed by atoms with van der Waals surface area (Å²) in [6.07, 6.45) is 1.11. The third-order valence-corrected chi connectivity index (χ3v) is 5.59. The van der Waals surface area contributed by atoms with Gasteiger partial charge in [0.15, 0.2) is 0 Å². The fourth-order valence-corrected chi connectivity index (χ4v) is 4.05. The van der Waals surface area contributed by atoms with Crippen molar-refractivity contribution in [3.05, 3.63) is 58.1 Å². The van der Waals surface area contributed by atoms with Crippen molar-refractivity contribution < 1.29 is 19.0 Å². The molecule has 3 rings (SSSR count). The van der Waals surface area contributed by atoms with E-state index >= 15 is 0 Å². The van der Waals surface area contributed by atoms with Crippen LogP contribution in [0.5, 0.6) is 5.75 Å². The van der Waals surface area contributed by atoms with E-state index in [0.29, 0.717) is 61.6 Å². The summed E-state index contributed by atoms with van der Waals surface area (Å²) in [5, 5.41) is 4.07. The summed E-state index contributed by atoms with van der Waals surface area (Å²) in [5.74, 6) is 0.624. The van der Waals surface area contributed by atoms with Crippen LogP contribution in [-0.4, -0.2) is 38.9 Å². The van der Waals surface area contributed by atoms with Crippen molar-refractivity contribution in [2.75, 3.05) is 38.4 Å². The molecule has 1 heterocycles. The normalized spacial score (nSPS) is 15.7. The number of amides is 1. The molecule has 0 aliphatic carbocycles. The van der Waals surface area contributed by atoms with Gasteiger partial charge >= 0.3 is 0 Å². The highest BCUT2D eigenvalue weighted by molar-refractivity contribution is 6.35. The van der Waals surface area contributed by atoms with Crippen LogP contribution in [0.4, 0.5) is 5.69 Å². The summed E-state index contributed by atoms with van der Waals surface area (Å²) < 4.78 is 16.4. The summed E-state index contributed by atoms with van der Waals surface area (Å²) in [7, 11) is 0. The lowest BCUT2D eigenvalue weighted by molar-refractivity contribution is -0.125. The SMILES string of the molecule is CCOCCOc1ccc(NC(=O)C2(c3ccc(Cl)cc3Cl)CCOCC2)cc1. The molecule has 0 saturated carbocycles. The molecule has 1 aliphatic heterocycles. The summed E-state index contributed by atoms with van der Waals surface area (Å²) in [6.45, 7) is 4.63. The highest BCUT2D eigenvalue weighted by atomic mass is 35.5. The van der Waals surface area contributed by atoms with Gasteiger partial charge in [-0.1, -0.05) is 29.3 Å². The molecule has 2 aromatic rings. The van der Waals surface area contributed by atoms with Gasteiger partial charge in [0.2, 0.25) is 5.91 Å². The molecule has 0 unspecified atom stereocenters. The van der Waals surface area contributed by atoms with Crippen LogP contribution in [0.2, 0.25) is 10.0 Å². The summed E-state index contributed by atoms with van der Waals surface area (Å²) in [4.78, 5) is 13.3. The van der Waals surface area contributed by atoms with E-state index in [1.54, 1.807) is 12.1 Å². The summed E-state index contributed by atoms with van der Waals surface area (Å²) in [6, 6.07) is 12.6. The Bertz CT molecular complexity index is 820. The Morgan fingerprint density at radius 3 is 2.48 bits per heavy atom. The van der Waals surface area contributed by atoms with Gasteiger partial charge in [0.05, 0.1) is 12.0 Å². The number of ether oxygens (including phenoxy) is 3. The first-order chi connectivity index (χ1) is 14.0. The van der Waals surface area contributed by atoms with Gasteiger partial charge in [0.25, 0.3) is 0 Å². The Morgan fingerprint density at radius 1 is 1.10 bits per heavy atom. The number of carbonyl (C=O) groups excluding carboxylic acids is 1. The number of halogens is 2. The van der Waals surface area contributed by atoms with E-state index in [1.165, 1.54) is 0 Å². The molecule has 5 nitrogen and oxygen atoms in total. The second-order valence-electron chi connectivity index (χ2n) is 6.84. The lowest BCUT2D eigenvalue weighted by Gasteiger charge is -2.36. The molecule has 0 spiro atoms. The molecule has 1 fully saturated rings. The van der Waals surface area contributed by atoms with Gasteiger partial charge in [0.1, 0.15) is 12.4 Å². The van der Waals surface area contributed by atoms with E-state index in [4.69, 9.17) is 37.4 Å². The average Bonchev–Trinajstić information content (AvgIpc) is 2.73. The topological polar surface area (TPSA) is 56.8 Å². The maximum Gasteiger partial charge on any atom is 0.235 e. The molecule has 7 heteroatoms. The van der Waals surface area contributed by atoms with Gasteiger partial charge in [-0.05, 0) is 61.7 Å². The maximum absolute atomic E-state index is 13.3. The Morgan fingerprint density at radius 2 is 1.83 bits per heavy atom. The molecule has 0 atom stereocenters. The zero-order valence-corrected chi connectivity index (χ0v) is 17.9. The molecule has 156 valence electrons. The quantitative estimate of drug-likeness (QED) is 0.583. The van der Waals surface area contributed by atoms with Gasteiger partial charge in [-0.15, -0.1) is 0 Å². The van der Waals surface area contributed by atoms with E-state index in [0.717, 1.165) is 11.3 Å². The van der Waals surface area contributed by atoms with Crippen LogP contribution < -0.4 is 10.1 Å². The third-order valence-electron chi connectivity index (χ3n) is 5.04. The van der Waals surface area contributed by atoms with E-state index in [9.17, 15) is 4.79 Å². The molecule has 1 aliphatic rings. The molecule has 1 saturated heterocycles. The van der Waals surface area contributed by atoms with Crippen LogP contribution in [0.15, 0.2) is 42.5 Å². The largest absolute Gasteiger partial charge is 0.491 e. The van der Waals surface area contributed by atoms with Crippen molar-refractivity contribution in [1.82, 2.24) is 0 Å². The van der Waals surface area contributed by atoms with Crippen LogP contribution in [0.3, 0.4) is 0 Å². The standard InChI is InChI=1S/C22H25Cl2NO4/c1-2-27-13-14-29-18-6-4-17(5-7-18)25-21(26)22(9-11-28-12-10-22)19-8-3-16(23)15-20(19)24/h3-8,15H,2,9-14H2,1H3,(H,25,26). The monoisotopic (exact) mass is 437 g/mol. The van der Waals surface area contributed by atoms with E-state index in [1.807, 2.05) is 37.3 Å². The van der Waals surface area contributed by atoms with Crippen LogP contribution in [-0.2, 0) is 19.7 Å². The Balaban J connectivity index is 1.74. The minimum absolute atomic E-state index is 0.102. The lowest BCUT2D eigenvalue weighted by Crippen LogP contribution is -2.45. The number of anilines is 1. The first-order valence-electron chi connectivity index (χ1n) is 9.70. The van der Waals surface area contributed by atoms with Crippen LogP contribution in [0.1, 0.15) is 25.3 Å². The van der Waals surface area contributed by atoms with Crippen LogP contribution in [0, 0.1) is 0 Å². The van der Waals surface area contributed by atoms with E-state index in [-0.39, 0.29) is 5.91 Å². The lowest BCUT2D eigenvalue weighted by atomic mass is 9.73. The first kappa shape index (κ1) is 21.9. The van der Waals surface area contributed by atoms with E-state index < -0.39 is 5.41 Å². The number of hydrogen-bond donors (Lipinski definition) is 1. The molecule has 0 radical (unpaired) electrons. The van der Waals surface area contributed by atoms with Gasteiger partial charge in [-0.25, -0.2) is 0 Å². The zero-order valence-electron chi connectivity index (χ0n) is 16.4. The smallest absolute Gasteiger partial charge is 0.235 e. The Labute approximate surface area is 181 Å². The van der Waals surface area contributed by atoms with Crippen molar-refractivity contribution in [3.8, 4) is 5.75 Å². The van der Waals surface area contributed by atoms with Crippen molar-refractivity contribution in [2.45, 2.75) is 25.2 Å². The predicted octanol–water partition coefficient (Wildman–Crippen LogP) is 5.10. The Kier molecular flexibility index (Phi) is 7.78. The highest BCUT2D eigenvalue weighted by Gasteiger charge is 2.43. The molecular formula is C22H25Cl2NO4. The zero-order chi connectivity index (χ0) is 20.7. The number of benzene rings is 2. The van der Waals surface area contributed by atoms with E-state index in [2.05, 4.69) is 5.32 Å². The maximum atomic E-state index is 13.3.